The van der Waals surface area contributed by atoms with E-state index in [-0.39, 0.29) is 12.2 Å². The summed E-state index contributed by atoms with van der Waals surface area (Å²) in [7, 11) is 2.75. The first kappa shape index (κ1) is 26.2. The van der Waals surface area contributed by atoms with Gasteiger partial charge in [0, 0.05) is 41.1 Å². The van der Waals surface area contributed by atoms with Gasteiger partial charge in [-0.3, -0.25) is 0 Å². The summed E-state index contributed by atoms with van der Waals surface area (Å²) >= 11 is 0. The summed E-state index contributed by atoms with van der Waals surface area (Å²) in [6.07, 6.45) is 13.7. The van der Waals surface area contributed by atoms with Crippen LogP contribution in [-0.4, -0.2) is 36.3 Å². The van der Waals surface area contributed by atoms with Crippen molar-refractivity contribution >= 4 is 51.7 Å². The predicted molar refractivity (Wildman–Crippen MR) is 149 cm³/mol. The molecule has 2 unspecified atom stereocenters. The number of aromatic nitrogens is 1. The molecule has 0 fully saturated rings. The molecule has 1 aromatic heterocycles. The third-order valence-electron chi connectivity index (χ3n) is 5.94. The molecule has 34 heavy (non-hydrogen) atoms. The maximum absolute atomic E-state index is 6.25. The summed E-state index contributed by atoms with van der Waals surface area (Å²) in [5.41, 5.74) is 2.46. The molecule has 5 heteroatoms. The fourth-order valence-corrected chi connectivity index (χ4v) is 5.82. The van der Waals surface area contributed by atoms with E-state index in [0.717, 1.165) is 38.5 Å². The Morgan fingerprint density at radius 1 is 0.735 bits per heavy atom. The van der Waals surface area contributed by atoms with Gasteiger partial charge in [0.25, 0.3) is 19.5 Å². The second kappa shape index (κ2) is 13.4. The Kier molecular flexibility index (Phi) is 10.3. The van der Waals surface area contributed by atoms with E-state index < -0.39 is 0 Å². The summed E-state index contributed by atoms with van der Waals surface area (Å²) in [5.74, 6) is 0. The number of nitrogens with zero attached hydrogens (tertiary/aromatic N) is 1. The topological polar surface area (TPSA) is 23.4 Å². The maximum atomic E-state index is 6.25. The van der Waals surface area contributed by atoms with Gasteiger partial charge in [-0.1, -0.05) is 48.6 Å². The van der Waals surface area contributed by atoms with Gasteiger partial charge in [-0.2, -0.15) is 0 Å². The lowest BCUT2D eigenvalue weighted by atomic mass is 10.1. The van der Waals surface area contributed by atoms with Crippen molar-refractivity contribution in [1.29, 1.82) is 0 Å². The average molecular weight is 486 g/mol. The highest BCUT2D eigenvalue weighted by molar-refractivity contribution is 6.48. The highest BCUT2D eigenvalue weighted by Crippen LogP contribution is 2.26. The van der Waals surface area contributed by atoms with Crippen molar-refractivity contribution in [2.75, 3.05) is 0 Å². The molecule has 1 heterocycles. The fraction of sp³-hybridized carbons (Fsp3) is 0.310. The second-order valence-corrected chi connectivity index (χ2v) is 10.5. The number of hydrogen-bond donors (Lipinski definition) is 0. The van der Waals surface area contributed by atoms with Crippen LogP contribution in [0.5, 0.6) is 0 Å². The summed E-state index contributed by atoms with van der Waals surface area (Å²) in [6, 6.07) is 13.4. The third kappa shape index (κ3) is 6.79. The number of rotatable bonds is 16. The van der Waals surface area contributed by atoms with E-state index in [1.807, 2.05) is 24.3 Å². The van der Waals surface area contributed by atoms with E-state index in [1.165, 1.54) is 32.2 Å². The van der Waals surface area contributed by atoms with Gasteiger partial charge in [-0.25, -0.2) is 0 Å². The van der Waals surface area contributed by atoms with Crippen LogP contribution in [0.2, 0.25) is 0 Å². The average Bonchev–Trinajstić information content (AvgIpc) is 3.13. The first-order chi connectivity index (χ1) is 16.6. The van der Waals surface area contributed by atoms with Gasteiger partial charge < -0.3 is 13.4 Å². The molecular formula is C29H35NO2Si2. The monoisotopic (exact) mass is 485 g/mol. The van der Waals surface area contributed by atoms with E-state index >= 15 is 0 Å². The molecule has 3 rings (SSSR count). The molecule has 0 spiro atoms. The number of allylic oxidation sites excluding steroid dienone is 2. The Balaban J connectivity index is 1.80. The van der Waals surface area contributed by atoms with Gasteiger partial charge in [-0.15, -0.1) is 26.3 Å². The lowest BCUT2D eigenvalue weighted by Gasteiger charge is -2.15. The van der Waals surface area contributed by atoms with Gasteiger partial charge in [0.05, 0.1) is 0 Å². The van der Waals surface area contributed by atoms with E-state index in [2.05, 4.69) is 74.3 Å². The zero-order valence-electron chi connectivity index (χ0n) is 20.3. The molecule has 0 aliphatic heterocycles. The van der Waals surface area contributed by atoms with Crippen molar-refractivity contribution in [1.82, 2.24) is 4.57 Å². The van der Waals surface area contributed by atoms with Crippen molar-refractivity contribution in [3.63, 3.8) is 0 Å². The summed E-state index contributed by atoms with van der Waals surface area (Å²) < 4.78 is 14.8. The molecule has 2 aromatic carbocycles. The molecular weight excluding hydrogens is 450 g/mol. The lowest BCUT2D eigenvalue weighted by molar-refractivity contribution is 0.209. The van der Waals surface area contributed by atoms with Crippen LogP contribution in [-0.2, 0) is 15.9 Å². The molecule has 176 valence electrons. The van der Waals surface area contributed by atoms with Gasteiger partial charge in [-0.05, 0) is 61.0 Å². The number of benzene rings is 2. The molecule has 0 aliphatic rings. The molecule has 3 nitrogen and oxygen atoms in total. The molecule has 0 bridgehead atoms. The second-order valence-electron chi connectivity index (χ2n) is 8.49. The standard InChI is InChI=1S/C29H35NO2Si2/c1-6-10-14-22(12-8-3)31-33-24-16-18-28-26(20-24)27-21-25(17-19-29(27)30(28)5)34-32-23(13-9-4)15-11-7-2/h6-9,16-23H,1-4,10-15H2,5H3. The molecule has 2 atom stereocenters. The Labute approximate surface area is 209 Å². The van der Waals surface area contributed by atoms with Crippen molar-refractivity contribution in [2.24, 2.45) is 7.05 Å². The van der Waals surface area contributed by atoms with Gasteiger partial charge in [0.1, 0.15) is 0 Å². The summed E-state index contributed by atoms with van der Waals surface area (Å²) in [6.45, 7) is 15.4. The van der Waals surface area contributed by atoms with Crippen molar-refractivity contribution in [2.45, 2.75) is 50.7 Å². The van der Waals surface area contributed by atoms with Crippen molar-refractivity contribution in [3.05, 3.63) is 87.0 Å². The Bertz CT molecular complexity index is 1050. The maximum Gasteiger partial charge on any atom is 0.269 e. The summed E-state index contributed by atoms with van der Waals surface area (Å²) in [4.78, 5) is 0. The van der Waals surface area contributed by atoms with E-state index in [0.29, 0.717) is 19.5 Å². The third-order valence-corrected chi connectivity index (χ3v) is 7.93. The fourth-order valence-electron chi connectivity index (χ4n) is 4.08. The van der Waals surface area contributed by atoms with Crippen LogP contribution in [0, 0.1) is 0 Å². The SMILES string of the molecule is C=CCCC(CC=C)O[Si]c1ccc2c(c1)c1cc([Si]OC(CC=C)CCC=C)ccc1n2C. The van der Waals surface area contributed by atoms with Gasteiger partial charge in [0.15, 0.2) is 0 Å². The first-order valence-corrected chi connectivity index (χ1v) is 13.7. The molecule has 0 aliphatic carbocycles. The van der Waals surface area contributed by atoms with Crippen molar-refractivity contribution < 1.29 is 8.85 Å². The Hall–Kier alpha value is -2.45. The highest BCUT2D eigenvalue weighted by Gasteiger charge is 2.14. The number of aryl methyl sites for hydroxylation is 1. The molecule has 4 radical (unpaired) electrons. The molecule has 0 saturated carbocycles. The molecule has 0 N–H and O–H groups in total. The van der Waals surface area contributed by atoms with Crippen LogP contribution in [0.15, 0.2) is 87.0 Å². The smallest absolute Gasteiger partial charge is 0.269 e. The van der Waals surface area contributed by atoms with E-state index in [1.54, 1.807) is 0 Å². The van der Waals surface area contributed by atoms with Crippen molar-refractivity contribution in [3.8, 4) is 0 Å². The zero-order chi connectivity index (χ0) is 24.3. The predicted octanol–water partition coefficient (Wildman–Crippen LogP) is 5.68. The molecule has 0 saturated heterocycles. The van der Waals surface area contributed by atoms with Crippen LogP contribution in [0.4, 0.5) is 0 Å². The van der Waals surface area contributed by atoms with Crippen LogP contribution < -0.4 is 10.4 Å². The van der Waals surface area contributed by atoms with Crippen LogP contribution in [0.25, 0.3) is 21.8 Å². The largest absolute Gasteiger partial charge is 0.408 e. The minimum Gasteiger partial charge on any atom is -0.408 e. The molecule has 3 aromatic rings. The van der Waals surface area contributed by atoms with Gasteiger partial charge >= 0.3 is 0 Å². The minimum absolute atomic E-state index is 0.187. The number of hydrogen-bond acceptors (Lipinski definition) is 2. The van der Waals surface area contributed by atoms with Crippen LogP contribution in [0.3, 0.4) is 0 Å². The quantitative estimate of drug-likeness (QED) is 0.193. The lowest BCUT2D eigenvalue weighted by Crippen LogP contribution is -2.24. The van der Waals surface area contributed by atoms with Crippen LogP contribution >= 0.6 is 0 Å². The Morgan fingerprint density at radius 2 is 1.18 bits per heavy atom. The zero-order valence-corrected chi connectivity index (χ0v) is 22.3. The molecule has 0 amide bonds. The first-order valence-electron chi connectivity index (χ1n) is 11.9. The van der Waals surface area contributed by atoms with Crippen LogP contribution in [0.1, 0.15) is 38.5 Å². The summed E-state index contributed by atoms with van der Waals surface area (Å²) in [5, 5.41) is 4.95. The minimum atomic E-state index is 0.187. The van der Waals surface area contributed by atoms with Gasteiger partial charge in [0.2, 0.25) is 0 Å². The van der Waals surface area contributed by atoms with E-state index in [4.69, 9.17) is 8.85 Å². The highest BCUT2D eigenvalue weighted by atomic mass is 28.2. The normalized spacial score (nSPS) is 13.1. The van der Waals surface area contributed by atoms with E-state index in [9.17, 15) is 0 Å². The Morgan fingerprint density at radius 3 is 1.56 bits per heavy atom. The number of fused-ring (bicyclic) bond motifs is 3.